The fraction of sp³-hybridized carbons (Fsp3) is 0.278. The summed E-state index contributed by atoms with van der Waals surface area (Å²) in [4.78, 5) is 13.7. The van der Waals surface area contributed by atoms with Crippen molar-refractivity contribution in [2.45, 2.75) is 36.5 Å². The Kier molecular flexibility index (Phi) is 5.88. The molecule has 21 heavy (non-hydrogen) atoms. The van der Waals surface area contributed by atoms with Crippen molar-refractivity contribution in [3.63, 3.8) is 0 Å². The predicted molar refractivity (Wildman–Crippen MR) is 89.4 cm³/mol. The first-order chi connectivity index (χ1) is 10.2. The highest BCUT2D eigenvalue weighted by molar-refractivity contribution is 8.00. The molecule has 2 aromatic rings. The average Bonchev–Trinajstić information content (AvgIpc) is 2.54. The Balaban J connectivity index is 2.20. The Hall–Kier alpha value is -1.74. The Labute approximate surface area is 131 Å². The van der Waals surface area contributed by atoms with Crippen molar-refractivity contribution in [3.8, 4) is 0 Å². The van der Waals surface area contributed by atoms with Gasteiger partial charge in [0.15, 0.2) is 0 Å². The SMILES string of the molecule is CC[C@H](C)NC(=O)[C@@H](Sc1ccccc1)c1ccccc1. The zero-order valence-corrected chi connectivity index (χ0v) is 13.3. The van der Waals surface area contributed by atoms with Crippen LogP contribution in [-0.4, -0.2) is 11.9 Å². The van der Waals surface area contributed by atoms with Gasteiger partial charge in [-0.05, 0) is 31.0 Å². The second kappa shape index (κ2) is 7.89. The van der Waals surface area contributed by atoms with Crippen molar-refractivity contribution in [1.29, 1.82) is 0 Å². The molecule has 0 heterocycles. The van der Waals surface area contributed by atoms with Crippen molar-refractivity contribution in [2.24, 2.45) is 0 Å². The monoisotopic (exact) mass is 299 g/mol. The molecule has 2 atom stereocenters. The molecular formula is C18H21NOS. The third kappa shape index (κ3) is 4.64. The van der Waals surface area contributed by atoms with Crippen molar-refractivity contribution in [1.82, 2.24) is 5.32 Å². The van der Waals surface area contributed by atoms with Gasteiger partial charge in [0, 0.05) is 10.9 Å². The summed E-state index contributed by atoms with van der Waals surface area (Å²) < 4.78 is 0. The minimum atomic E-state index is -0.220. The third-order valence-corrected chi connectivity index (χ3v) is 4.60. The van der Waals surface area contributed by atoms with E-state index >= 15 is 0 Å². The lowest BCUT2D eigenvalue weighted by Crippen LogP contribution is -2.35. The summed E-state index contributed by atoms with van der Waals surface area (Å²) in [5.41, 5.74) is 1.03. The van der Waals surface area contributed by atoms with Crippen LogP contribution in [0.25, 0.3) is 0 Å². The van der Waals surface area contributed by atoms with Crippen LogP contribution in [-0.2, 0) is 4.79 Å². The smallest absolute Gasteiger partial charge is 0.238 e. The van der Waals surface area contributed by atoms with E-state index < -0.39 is 0 Å². The van der Waals surface area contributed by atoms with Crippen LogP contribution in [0.15, 0.2) is 65.6 Å². The Bertz CT molecular complexity index is 556. The molecule has 0 radical (unpaired) electrons. The quantitative estimate of drug-likeness (QED) is 0.799. The minimum Gasteiger partial charge on any atom is -0.352 e. The Morgan fingerprint density at radius 3 is 2.19 bits per heavy atom. The van der Waals surface area contributed by atoms with Gasteiger partial charge in [-0.15, -0.1) is 11.8 Å². The molecule has 0 saturated heterocycles. The average molecular weight is 299 g/mol. The molecule has 0 aromatic heterocycles. The van der Waals surface area contributed by atoms with Crippen molar-refractivity contribution >= 4 is 17.7 Å². The highest BCUT2D eigenvalue weighted by atomic mass is 32.2. The summed E-state index contributed by atoms with van der Waals surface area (Å²) in [6.07, 6.45) is 0.934. The van der Waals surface area contributed by atoms with Crippen LogP contribution in [0, 0.1) is 0 Å². The van der Waals surface area contributed by atoms with E-state index in [2.05, 4.69) is 12.2 Å². The molecule has 2 rings (SSSR count). The van der Waals surface area contributed by atoms with Crippen molar-refractivity contribution in [3.05, 3.63) is 66.2 Å². The van der Waals surface area contributed by atoms with E-state index in [4.69, 9.17) is 0 Å². The van der Waals surface area contributed by atoms with Gasteiger partial charge in [0.25, 0.3) is 0 Å². The van der Waals surface area contributed by atoms with Crippen LogP contribution in [0.2, 0.25) is 0 Å². The lowest BCUT2D eigenvalue weighted by Gasteiger charge is -2.19. The van der Waals surface area contributed by atoms with Crippen molar-refractivity contribution in [2.75, 3.05) is 0 Å². The number of hydrogen-bond acceptors (Lipinski definition) is 2. The summed E-state index contributed by atoms with van der Waals surface area (Å²) in [6.45, 7) is 4.11. The van der Waals surface area contributed by atoms with Gasteiger partial charge in [0.05, 0.1) is 0 Å². The van der Waals surface area contributed by atoms with Crippen LogP contribution < -0.4 is 5.32 Å². The van der Waals surface area contributed by atoms with Gasteiger partial charge in [0.2, 0.25) is 5.91 Å². The molecule has 0 unspecified atom stereocenters. The van der Waals surface area contributed by atoms with Crippen LogP contribution >= 0.6 is 11.8 Å². The number of carbonyl (C=O) groups excluding carboxylic acids is 1. The molecule has 3 heteroatoms. The predicted octanol–water partition coefficient (Wildman–Crippen LogP) is 4.43. The normalized spacial score (nSPS) is 13.4. The molecule has 0 saturated carbocycles. The number of nitrogens with one attached hydrogen (secondary N) is 1. The number of benzene rings is 2. The standard InChI is InChI=1S/C18H21NOS/c1-3-14(2)19-18(20)17(15-10-6-4-7-11-15)21-16-12-8-5-9-13-16/h4-14,17H,3H2,1-2H3,(H,19,20)/t14-,17-/m0/s1. The van der Waals surface area contributed by atoms with Gasteiger partial charge in [-0.25, -0.2) is 0 Å². The van der Waals surface area contributed by atoms with E-state index in [0.717, 1.165) is 16.9 Å². The van der Waals surface area contributed by atoms with E-state index in [9.17, 15) is 4.79 Å². The zero-order chi connectivity index (χ0) is 15.1. The summed E-state index contributed by atoms with van der Waals surface area (Å²) in [5.74, 6) is 0.0735. The second-order valence-corrected chi connectivity index (χ2v) is 6.22. The molecule has 1 amide bonds. The van der Waals surface area contributed by atoms with E-state index in [0.29, 0.717) is 0 Å². The summed E-state index contributed by atoms with van der Waals surface area (Å²) in [6, 6.07) is 20.2. The van der Waals surface area contributed by atoms with Crippen LogP contribution in [0.5, 0.6) is 0 Å². The maximum Gasteiger partial charge on any atom is 0.238 e. The first-order valence-corrected chi connectivity index (χ1v) is 8.15. The van der Waals surface area contributed by atoms with Gasteiger partial charge in [-0.1, -0.05) is 55.5 Å². The largest absolute Gasteiger partial charge is 0.352 e. The Morgan fingerprint density at radius 2 is 1.62 bits per heavy atom. The molecule has 2 aromatic carbocycles. The van der Waals surface area contributed by atoms with E-state index in [1.54, 1.807) is 11.8 Å². The Morgan fingerprint density at radius 1 is 1.05 bits per heavy atom. The minimum absolute atomic E-state index is 0.0735. The van der Waals surface area contributed by atoms with Gasteiger partial charge in [-0.2, -0.15) is 0 Å². The fourth-order valence-corrected chi connectivity index (χ4v) is 3.01. The van der Waals surface area contributed by atoms with E-state index in [-0.39, 0.29) is 17.2 Å². The second-order valence-electron chi connectivity index (χ2n) is 5.04. The maximum absolute atomic E-state index is 12.6. The molecule has 2 nitrogen and oxygen atoms in total. The maximum atomic E-state index is 12.6. The zero-order valence-electron chi connectivity index (χ0n) is 12.5. The van der Waals surface area contributed by atoms with Gasteiger partial charge >= 0.3 is 0 Å². The molecule has 0 spiro atoms. The molecule has 0 fully saturated rings. The molecular weight excluding hydrogens is 278 g/mol. The lowest BCUT2D eigenvalue weighted by atomic mass is 10.1. The molecule has 0 aliphatic heterocycles. The number of thioether (sulfide) groups is 1. The van der Waals surface area contributed by atoms with Gasteiger partial charge in [0.1, 0.15) is 5.25 Å². The number of amides is 1. The number of rotatable bonds is 6. The number of hydrogen-bond donors (Lipinski definition) is 1. The number of carbonyl (C=O) groups is 1. The summed E-state index contributed by atoms with van der Waals surface area (Å²) >= 11 is 1.59. The molecule has 0 aliphatic carbocycles. The molecule has 1 N–H and O–H groups in total. The van der Waals surface area contributed by atoms with Gasteiger partial charge in [-0.3, -0.25) is 4.79 Å². The van der Waals surface area contributed by atoms with Crippen LogP contribution in [0.1, 0.15) is 31.1 Å². The van der Waals surface area contributed by atoms with Crippen LogP contribution in [0.4, 0.5) is 0 Å². The molecule has 0 bridgehead atoms. The fourth-order valence-electron chi connectivity index (χ4n) is 1.96. The first kappa shape index (κ1) is 15.6. The van der Waals surface area contributed by atoms with Gasteiger partial charge < -0.3 is 5.32 Å². The highest BCUT2D eigenvalue weighted by Gasteiger charge is 2.22. The highest BCUT2D eigenvalue weighted by Crippen LogP contribution is 2.35. The van der Waals surface area contributed by atoms with E-state index in [1.807, 2.05) is 67.6 Å². The van der Waals surface area contributed by atoms with E-state index in [1.165, 1.54) is 0 Å². The third-order valence-electron chi connectivity index (χ3n) is 3.34. The van der Waals surface area contributed by atoms with Crippen molar-refractivity contribution < 1.29 is 4.79 Å². The molecule has 110 valence electrons. The lowest BCUT2D eigenvalue weighted by molar-refractivity contribution is -0.121. The summed E-state index contributed by atoms with van der Waals surface area (Å²) in [5, 5.41) is 2.87. The summed E-state index contributed by atoms with van der Waals surface area (Å²) in [7, 11) is 0. The molecule has 0 aliphatic rings. The van der Waals surface area contributed by atoms with Crippen LogP contribution in [0.3, 0.4) is 0 Å². The first-order valence-electron chi connectivity index (χ1n) is 7.27. The topological polar surface area (TPSA) is 29.1 Å².